The lowest BCUT2D eigenvalue weighted by Gasteiger charge is -2.37. The third-order valence-electron chi connectivity index (χ3n) is 4.10. The van der Waals surface area contributed by atoms with Crippen LogP contribution in [0.15, 0.2) is 12.4 Å². The van der Waals surface area contributed by atoms with E-state index in [9.17, 15) is 0 Å². The molecule has 3 heterocycles. The van der Waals surface area contributed by atoms with Crippen molar-refractivity contribution in [1.82, 2.24) is 19.6 Å². The zero-order chi connectivity index (χ0) is 13.4. The molecule has 2 atom stereocenters. The first-order valence-corrected chi connectivity index (χ1v) is 6.81. The highest BCUT2D eigenvalue weighted by atomic mass is 15.4. The fourth-order valence-electron chi connectivity index (χ4n) is 2.80. The number of aryl methyl sites for hydroxylation is 1. The molecule has 19 heavy (non-hydrogen) atoms. The van der Waals surface area contributed by atoms with Gasteiger partial charge in [0.25, 0.3) is 5.78 Å². The molecule has 1 aliphatic heterocycles. The first kappa shape index (κ1) is 12.3. The smallest absolute Gasteiger partial charge is 0.254 e. The summed E-state index contributed by atoms with van der Waals surface area (Å²) in [7, 11) is 0. The van der Waals surface area contributed by atoms with Gasteiger partial charge < -0.3 is 10.6 Å². The van der Waals surface area contributed by atoms with Crippen LogP contribution in [0.5, 0.6) is 0 Å². The van der Waals surface area contributed by atoms with Crippen LogP contribution in [0.3, 0.4) is 0 Å². The van der Waals surface area contributed by atoms with Gasteiger partial charge >= 0.3 is 0 Å². The van der Waals surface area contributed by atoms with Gasteiger partial charge in [0.2, 0.25) is 0 Å². The largest absolute Gasteiger partial charge is 0.356 e. The number of aromatic nitrogens is 4. The first-order valence-electron chi connectivity index (χ1n) is 6.81. The third-order valence-corrected chi connectivity index (χ3v) is 4.10. The van der Waals surface area contributed by atoms with Gasteiger partial charge in [-0.2, -0.15) is 14.6 Å². The van der Waals surface area contributed by atoms with Crippen LogP contribution in [-0.2, 0) is 0 Å². The number of rotatable bonds is 2. The molecular weight excluding hydrogens is 240 g/mol. The van der Waals surface area contributed by atoms with Crippen molar-refractivity contribution < 1.29 is 0 Å². The molecule has 6 heteroatoms. The second kappa shape index (κ2) is 4.77. The summed E-state index contributed by atoms with van der Waals surface area (Å²) in [5.41, 5.74) is 6.85. The number of nitrogens with two attached hydrogens (primary N) is 1. The van der Waals surface area contributed by atoms with Crippen LogP contribution in [0.1, 0.15) is 19.0 Å². The van der Waals surface area contributed by atoms with Crippen molar-refractivity contribution in [2.75, 3.05) is 24.5 Å². The summed E-state index contributed by atoms with van der Waals surface area (Å²) >= 11 is 0. The number of hydrogen-bond acceptors (Lipinski definition) is 5. The molecule has 2 aromatic rings. The quantitative estimate of drug-likeness (QED) is 0.867. The highest BCUT2D eigenvalue weighted by Crippen LogP contribution is 2.26. The summed E-state index contributed by atoms with van der Waals surface area (Å²) in [4.78, 5) is 10.9. The van der Waals surface area contributed by atoms with Crippen LogP contribution >= 0.6 is 0 Å². The van der Waals surface area contributed by atoms with Crippen molar-refractivity contribution in [2.24, 2.45) is 17.6 Å². The van der Waals surface area contributed by atoms with Crippen LogP contribution in [0.4, 0.5) is 5.82 Å². The van der Waals surface area contributed by atoms with E-state index in [0.29, 0.717) is 17.6 Å². The zero-order valence-corrected chi connectivity index (χ0v) is 11.5. The molecule has 6 nitrogen and oxygen atoms in total. The van der Waals surface area contributed by atoms with E-state index >= 15 is 0 Å². The fourth-order valence-corrected chi connectivity index (χ4v) is 2.80. The van der Waals surface area contributed by atoms with Crippen molar-refractivity contribution in [2.45, 2.75) is 20.3 Å². The molecule has 2 unspecified atom stereocenters. The molecule has 0 amide bonds. The van der Waals surface area contributed by atoms with Crippen molar-refractivity contribution >= 4 is 11.6 Å². The van der Waals surface area contributed by atoms with Crippen LogP contribution in [0, 0.1) is 18.8 Å². The Bertz CT molecular complexity index is 578. The van der Waals surface area contributed by atoms with Gasteiger partial charge in [0, 0.05) is 24.8 Å². The third kappa shape index (κ3) is 2.16. The number of anilines is 1. The van der Waals surface area contributed by atoms with Gasteiger partial charge in [0.1, 0.15) is 12.1 Å². The molecule has 1 fully saturated rings. The predicted molar refractivity (Wildman–Crippen MR) is 74.1 cm³/mol. The molecule has 3 rings (SSSR count). The Morgan fingerprint density at radius 2 is 2.32 bits per heavy atom. The Balaban J connectivity index is 1.97. The molecule has 1 saturated heterocycles. The number of fused-ring (bicyclic) bond motifs is 1. The maximum absolute atomic E-state index is 5.88. The first-order chi connectivity index (χ1) is 9.19. The van der Waals surface area contributed by atoms with Crippen molar-refractivity contribution in [3.05, 3.63) is 18.1 Å². The average molecular weight is 260 g/mol. The topological polar surface area (TPSA) is 72.3 Å². The van der Waals surface area contributed by atoms with Crippen molar-refractivity contribution in [3.63, 3.8) is 0 Å². The highest BCUT2D eigenvalue weighted by molar-refractivity contribution is 5.47. The van der Waals surface area contributed by atoms with E-state index in [1.165, 1.54) is 6.42 Å². The molecule has 0 bridgehead atoms. The Morgan fingerprint density at radius 3 is 3.11 bits per heavy atom. The predicted octanol–water partition coefficient (Wildman–Crippen LogP) is 0.854. The maximum atomic E-state index is 5.88. The molecule has 0 aromatic carbocycles. The van der Waals surface area contributed by atoms with Gasteiger partial charge in [0.05, 0.1) is 0 Å². The summed E-state index contributed by atoms with van der Waals surface area (Å²) in [6.07, 6.45) is 2.72. The summed E-state index contributed by atoms with van der Waals surface area (Å²) in [6, 6.07) is 2.07. The Morgan fingerprint density at radius 1 is 1.47 bits per heavy atom. The SMILES string of the molecule is Cc1cc(N2CCC(C)C(CN)C2)n2ncnc2n1. The molecular formula is C13H20N6. The standard InChI is InChI=1S/C13H20N6/c1-9-3-4-18(7-11(9)6-14)12-5-10(2)17-13-15-8-16-19(12)13/h5,8-9,11H,3-4,6-7,14H2,1-2H3. The van der Waals surface area contributed by atoms with Crippen LogP contribution in [0.25, 0.3) is 5.78 Å². The summed E-state index contributed by atoms with van der Waals surface area (Å²) in [6.45, 7) is 7.04. The lowest BCUT2D eigenvalue weighted by molar-refractivity contribution is 0.306. The maximum Gasteiger partial charge on any atom is 0.254 e. The molecule has 2 N–H and O–H groups in total. The second-order valence-corrected chi connectivity index (χ2v) is 5.44. The lowest BCUT2D eigenvalue weighted by atomic mass is 9.87. The molecule has 0 radical (unpaired) electrons. The monoisotopic (exact) mass is 260 g/mol. The van der Waals surface area contributed by atoms with Crippen molar-refractivity contribution in [1.29, 1.82) is 0 Å². The summed E-state index contributed by atoms with van der Waals surface area (Å²) < 4.78 is 1.82. The number of hydrogen-bond donors (Lipinski definition) is 1. The molecule has 0 aliphatic carbocycles. The van der Waals surface area contributed by atoms with Crippen LogP contribution in [-0.4, -0.2) is 39.2 Å². The van der Waals surface area contributed by atoms with E-state index < -0.39 is 0 Å². The molecule has 1 aliphatic rings. The Kier molecular flexibility index (Phi) is 3.10. The highest BCUT2D eigenvalue weighted by Gasteiger charge is 2.26. The minimum atomic E-state index is 0.542. The van der Waals surface area contributed by atoms with E-state index in [-0.39, 0.29) is 0 Å². The zero-order valence-electron chi connectivity index (χ0n) is 11.5. The van der Waals surface area contributed by atoms with E-state index in [4.69, 9.17) is 5.73 Å². The average Bonchev–Trinajstić information content (AvgIpc) is 2.86. The molecule has 0 saturated carbocycles. The Labute approximate surface area is 112 Å². The van der Waals surface area contributed by atoms with Gasteiger partial charge in [-0.15, -0.1) is 0 Å². The van der Waals surface area contributed by atoms with E-state index in [1.807, 2.05) is 11.4 Å². The second-order valence-electron chi connectivity index (χ2n) is 5.44. The number of nitrogens with zero attached hydrogens (tertiary/aromatic N) is 5. The lowest BCUT2D eigenvalue weighted by Crippen LogP contribution is -2.43. The van der Waals surface area contributed by atoms with E-state index in [2.05, 4.69) is 33.0 Å². The summed E-state index contributed by atoms with van der Waals surface area (Å²) in [5, 5.41) is 4.27. The van der Waals surface area contributed by atoms with Crippen molar-refractivity contribution in [3.8, 4) is 0 Å². The summed E-state index contributed by atoms with van der Waals surface area (Å²) in [5.74, 6) is 2.97. The molecule has 2 aromatic heterocycles. The van der Waals surface area contributed by atoms with Gasteiger partial charge in [-0.25, -0.2) is 4.98 Å². The van der Waals surface area contributed by atoms with Gasteiger partial charge in [0.15, 0.2) is 0 Å². The van der Waals surface area contributed by atoms with Crippen LogP contribution < -0.4 is 10.6 Å². The van der Waals surface area contributed by atoms with E-state index in [0.717, 1.165) is 31.1 Å². The normalized spacial score (nSPS) is 24.1. The number of piperidine rings is 1. The molecule has 0 spiro atoms. The minimum Gasteiger partial charge on any atom is -0.356 e. The van der Waals surface area contributed by atoms with Crippen LogP contribution in [0.2, 0.25) is 0 Å². The van der Waals surface area contributed by atoms with E-state index in [1.54, 1.807) is 6.33 Å². The molecule has 102 valence electrons. The van der Waals surface area contributed by atoms with Gasteiger partial charge in [-0.05, 0) is 31.7 Å². The minimum absolute atomic E-state index is 0.542. The van der Waals surface area contributed by atoms with Gasteiger partial charge in [-0.1, -0.05) is 6.92 Å². The fraction of sp³-hybridized carbons (Fsp3) is 0.615. The Hall–Kier alpha value is -1.69. The van der Waals surface area contributed by atoms with Gasteiger partial charge in [-0.3, -0.25) is 0 Å².